The van der Waals surface area contributed by atoms with Crippen LogP contribution in [0.25, 0.3) is 0 Å². The van der Waals surface area contributed by atoms with Gasteiger partial charge in [-0.1, -0.05) is 55.8 Å². The van der Waals surface area contributed by atoms with E-state index < -0.39 is 0 Å². The van der Waals surface area contributed by atoms with Crippen molar-refractivity contribution < 1.29 is 14.3 Å². The Morgan fingerprint density at radius 3 is 2.23 bits per heavy atom. The van der Waals surface area contributed by atoms with Crippen LogP contribution < -0.4 is 14.8 Å². The van der Waals surface area contributed by atoms with Crippen molar-refractivity contribution in [2.24, 2.45) is 0 Å². The average Bonchev–Trinajstić information content (AvgIpc) is 2.78. The van der Waals surface area contributed by atoms with Crippen molar-refractivity contribution >= 4 is 23.2 Å². The zero-order chi connectivity index (χ0) is 21.5. The summed E-state index contributed by atoms with van der Waals surface area (Å²) in [6.07, 6.45) is 1.70. The average molecular weight is 424 g/mol. The third kappa shape index (κ3) is 4.95. The zero-order valence-corrected chi connectivity index (χ0v) is 18.3. The van der Waals surface area contributed by atoms with Crippen LogP contribution in [0.3, 0.4) is 0 Å². The molecule has 1 amide bonds. The number of amides is 1. The number of nitrogens with one attached hydrogen (secondary N) is 1. The number of methoxy groups -OCH3 is 1. The third-order valence-electron chi connectivity index (χ3n) is 5.00. The summed E-state index contributed by atoms with van der Waals surface area (Å²) in [5.41, 5.74) is 4.46. The quantitative estimate of drug-likeness (QED) is 0.462. The highest BCUT2D eigenvalue weighted by Gasteiger charge is 2.15. The molecule has 3 rings (SSSR count). The lowest BCUT2D eigenvalue weighted by atomic mass is 10.0. The number of anilines is 1. The highest BCUT2D eigenvalue weighted by atomic mass is 35.5. The predicted molar refractivity (Wildman–Crippen MR) is 122 cm³/mol. The van der Waals surface area contributed by atoms with E-state index in [-0.39, 0.29) is 12.5 Å². The second-order valence-corrected chi connectivity index (χ2v) is 7.27. The Kier molecular flexibility index (Phi) is 7.36. The number of carbonyl (C=O) groups is 1. The van der Waals surface area contributed by atoms with Gasteiger partial charge in [0.25, 0.3) is 5.91 Å². The summed E-state index contributed by atoms with van der Waals surface area (Å²) in [7, 11) is 1.60. The van der Waals surface area contributed by atoms with Crippen molar-refractivity contribution in [3.63, 3.8) is 0 Å². The molecule has 0 radical (unpaired) electrons. The van der Waals surface area contributed by atoms with Crippen molar-refractivity contribution in [3.05, 3.63) is 87.9 Å². The molecule has 4 nitrogen and oxygen atoms in total. The maximum absolute atomic E-state index is 13.0. The lowest BCUT2D eigenvalue weighted by Crippen LogP contribution is -2.15. The van der Waals surface area contributed by atoms with E-state index in [0.717, 1.165) is 35.2 Å². The lowest BCUT2D eigenvalue weighted by molar-refractivity contribution is 0.102. The molecule has 0 aliphatic heterocycles. The second-order valence-electron chi connectivity index (χ2n) is 6.86. The zero-order valence-electron chi connectivity index (χ0n) is 17.5. The van der Waals surface area contributed by atoms with Crippen molar-refractivity contribution in [3.8, 4) is 11.5 Å². The van der Waals surface area contributed by atoms with Crippen LogP contribution in [0, 0.1) is 0 Å². The number of aryl methyl sites for hydroxylation is 2. The molecule has 0 spiro atoms. The molecule has 0 saturated carbocycles. The summed E-state index contributed by atoms with van der Waals surface area (Å²) in [4.78, 5) is 13.0. The van der Waals surface area contributed by atoms with Crippen LogP contribution in [-0.4, -0.2) is 13.0 Å². The summed E-state index contributed by atoms with van der Waals surface area (Å²) in [6.45, 7) is 4.41. The fourth-order valence-corrected chi connectivity index (χ4v) is 3.53. The SMILES string of the molecule is CCc1cccc(CC)c1NC(=O)c1ccc(OC)c(COc2ccccc2Cl)c1. The topological polar surface area (TPSA) is 47.6 Å². The third-order valence-corrected chi connectivity index (χ3v) is 5.31. The standard InChI is InChI=1S/C25H26ClNO3/c1-4-17-9-8-10-18(5-2)24(17)27-25(28)19-13-14-22(29-3)20(15-19)16-30-23-12-7-6-11-21(23)26/h6-15H,4-5,16H2,1-3H3,(H,27,28). The van der Waals surface area contributed by atoms with Gasteiger partial charge in [0.2, 0.25) is 0 Å². The van der Waals surface area contributed by atoms with Crippen LogP contribution in [0.2, 0.25) is 5.02 Å². The molecular weight excluding hydrogens is 398 g/mol. The van der Waals surface area contributed by atoms with Crippen molar-refractivity contribution in [2.75, 3.05) is 12.4 Å². The van der Waals surface area contributed by atoms with Crippen LogP contribution in [0.1, 0.15) is 40.9 Å². The molecule has 3 aromatic rings. The summed E-state index contributed by atoms with van der Waals surface area (Å²) in [6, 6.07) is 18.7. The van der Waals surface area contributed by atoms with Gasteiger partial charge < -0.3 is 14.8 Å². The van der Waals surface area contributed by atoms with E-state index in [2.05, 4.69) is 19.2 Å². The number of hydrogen-bond acceptors (Lipinski definition) is 3. The Morgan fingerprint density at radius 2 is 1.60 bits per heavy atom. The Hall–Kier alpha value is -2.98. The van der Waals surface area contributed by atoms with Gasteiger partial charge in [0.15, 0.2) is 0 Å². The van der Waals surface area contributed by atoms with E-state index in [0.29, 0.717) is 22.1 Å². The van der Waals surface area contributed by atoms with Crippen LogP contribution in [-0.2, 0) is 19.4 Å². The molecule has 1 N–H and O–H groups in total. The fraction of sp³-hybridized carbons (Fsp3) is 0.240. The van der Waals surface area contributed by atoms with E-state index in [1.807, 2.05) is 30.3 Å². The first-order valence-electron chi connectivity index (χ1n) is 10.0. The molecule has 0 aliphatic rings. The van der Waals surface area contributed by atoms with Crippen LogP contribution in [0.15, 0.2) is 60.7 Å². The van der Waals surface area contributed by atoms with Gasteiger partial charge in [-0.3, -0.25) is 4.79 Å². The van der Waals surface area contributed by atoms with E-state index in [9.17, 15) is 4.79 Å². The number of carbonyl (C=O) groups excluding carboxylic acids is 1. The first-order chi connectivity index (χ1) is 14.6. The van der Waals surface area contributed by atoms with E-state index in [4.69, 9.17) is 21.1 Å². The number of ether oxygens (including phenoxy) is 2. The minimum Gasteiger partial charge on any atom is -0.496 e. The maximum Gasteiger partial charge on any atom is 0.255 e. The first-order valence-corrected chi connectivity index (χ1v) is 10.4. The fourth-order valence-electron chi connectivity index (χ4n) is 3.34. The summed E-state index contributed by atoms with van der Waals surface area (Å²) in [5, 5.41) is 3.64. The highest BCUT2D eigenvalue weighted by molar-refractivity contribution is 6.32. The van der Waals surface area contributed by atoms with Gasteiger partial charge in [-0.05, 0) is 54.3 Å². The molecule has 30 heavy (non-hydrogen) atoms. The van der Waals surface area contributed by atoms with Gasteiger partial charge in [0, 0.05) is 16.8 Å². The van der Waals surface area contributed by atoms with Gasteiger partial charge in [0.05, 0.1) is 12.1 Å². The largest absolute Gasteiger partial charge is 0.496 e. The Morgan fingerprint density at radius 1 is 0.900 bits per heavy atom. The summed E-state index contributed by atoms with van der Waals surface area (Å²) < 4.78 is 11.3. The minimum absolute atomic E-state index is 0.160. The molecule has 0 aromatic heterocycles. The Balaban J connectivity index is 1.84. The monoisotopic (exact) mass is 423 g/mol. The number of hydrogen-bond donors (Lipinski definition) is 1. The smallest absolute Gasteiger partial charge is 0.255 e. The number of halogens is 1. The molecule has 156 valence electrons. The van der Waals surface area contributed by atoms with Gasteiger partial charge in [-0.2, -0.15) is 0 Å². The number of benzene rings is 3. The highest BCUT2D eigenvalue weighted by Crippen LogP contribution is 2.28. The van der Waals surface area contributed by atoms with E-state index >= 15 is 0 Å². The summed E-state index contributed by atoms with van der Waals surface area (Å²) in [5.74, 6) is 1.08. The molecule has 0 fully saturated rings. The molecule has 0 saturated heterocycles. The van der Waals surface area contributed by atoms with Gasteiger partial charge in [-0.15, -0.1) is 0 Å². The first kappa shape index (κ1) is 21.7. The Bertz CT molecular complexity index is 1010. The lowest BCUT2D eigenvalue weighted by Gasteiger charge is -2.16. The van der Waals surface area contributed by atoms with Crippen molar-refractivity contribution in [1.82, 2.24) is 0 Å². The van der Waals surface area contributed by atoms with Gasteiger partial charge >= 0.3 is 0 Å². The number of para-hydroxylation sites is 2. The molecular formula is C25H26ClNO3. The minimum atomic E-state index is -0.160. The predicted octanol–water partition coefficient (Wildman–Crippen LogP) is 6.30. The molecule has 3 aromatic carbocycles. The molecule has 5 heteroatoms. The molecule has 0 heterocycles. The normalized spacial score (nSPS) is 10.5. The van der Waals surface area contributed by atoms with Crippen molar-refractivity contribution in [1.29, 1.82) is 0 Å². The molecule has 0 aliphatic carbocycles. The maximum atomic E-state index is 13.0. The van der Waals surface area contributed by atoms with Gasteiger partial charge in [0.1, 0.15) is 18.1 Å². The number of rotatable bonds is 8. The molecule has 0 atom stereocenters. The van der Waals surface area contributed by atoms with Crippen molar-refractivity contribution in [2.45, 2.75) is 33.3 Å². The van der Waals surface area contributed by atoms with Crippen LogP contribution in [0.5, 0.6) is 11.5 Å². The Labute approximate surface area is 182 Å². The second kappa shape index (κ2) is 10.2. The van der Waals surface area contributed by atoms with E-state index in [1.54, 1.807) is 37.4 Å². The van der Waals surface area contributed by atoms with Gasteiger partial charge in [-0.25, -0.2) is 0 Å². The molecule has 0 unspecified atom stereocenters. The summed E-state index contributed by atoms with van der Waals surface area (Å²) >= 11 is 6.17. The van der Waals surface area contributed by atoms with E-state index in [1.165, 1.54) is 0 Å². The van der Waals surface area contributed by atoms with Crippen LogP contribution in [0.4, 0.5) is 5.69 Å². The molecule has 0 bridgehead atoms. The van der Waals surface area contributed by atoms with Crippen LogP contribution >= 0.6 is 11.6 Å².